The Morgan fingerprint density at radius 3 is 2.76 bits per heavy atom. The molecule has 0 aliphatic carbocycles. The van der Waals surface area contributed by atoms with Crippen LogP contribution >= 0.6 is 0 Å². The number of carbonyl (C=O) groups excluding carboxylic acids is 1. The highest BCUT2D eigenvalue weighted by Crippen LogP contribution is 2.19. The first kappa shape index (κ1) is 12.1. The van der Waals surface area contributed by atoms with Gasteiger partial charge in [0.25, 0.3) is 0 Å². The van der Waals surface area contributed by atoms with E-state index in [9.17, 15) is 4.79 Å². The number of anilines is 1. The van der Waals surface area contributed by atoms with Gasteiger partial charge in [0.15, 0.2) is 0 Å². The Morgan fingerprint density at radius 2 is 2.24 bits per heavy atom. The largest absolute Gasteiger partial charge is 0.316 e. The smallest absolute Gasteiger partial charge is 0.227 e. The lowest BCUT2D eigenvalue weighted by Gasteiger charge is -2.29. The predicted molar refractivity (Wildman–Crippen MR) is 70.2 cm³/mol. The van der Waals surface area contributed by atoms with Crippen molar-refractivity contribution in [3.05, 3.63) is 29.8 Å². The lowest BCUT2D eigenvalue weighted by molar-refractivity contribution is -0.119. The van der Waals surface area contributed by atoms with Crippen LogP contribution in [0.3, 0.4) is 0 Å². The van der Waals surface area contributed by atoms with Crippen molar-refractivity contribution in [2.45, 2.75) is 20.3 Å². The second-order valence-electron chi connectivity index (χ2n) is 4.71. The Labute approximate surface area is 103 Å². The third-order valence-corrected chi connectivity index (χ3v) is 3.26. The van der Waals surface area contributed by atoms with E-state index in [1.807, 2.05) is 24.0 Å². The van der Waals surface area contributed by atoms with Gasteiger partial charge in [0.05, 0.1) is 0 Å². The standard InChI is InChI=1S/C14H20N2O/c1-3-16(13-6-4-5-11(2)7-13)14(17)8-12-9-15-10-12/h4-7,12,15H,3,8-10H2,1-2H3. The molecule has 1 N–H and O–H groups in total. The maximum Gasteiger partial charge on any atom is 0.227 e. The molecule has 1 aromatic rings. The Balaban J connectivity index is 2.06. The van der Waals surface area contributed by atoms with E-state index in [4.69, 9.17) is 0 Å². The minimum absolute atomic E-state index is 0.240. The van der Waals surface area contributed by atoms with E-state index in [0.717, 1.165) is 25.3 Å². The highest BCUT2D eigenvalue weighted by molar-refractivity contribution is 5.93. The van der Waals surface area contributed by atoms with Gasteiger partial charge in [-0.1, -0.05) is 12.1 Å². The number of amides is 1. The molecular weight excluding hydrogens is 212 g/mol. The fourth-order valence-corrected chi connectivity index (χ4v) is 2.15. The van der Waals surface area contributed by atoms with E-state index in [1.54, 1.807) is 0 Å². The molecule has 0 aromatic heterocycles. The Hall–Kier alpha value is -1.35. The van der Waals surface area contributed by atoms with Gasteiger partial charge in [0.1, 0.15) is 0 Å². The number of nitrogens with one attached hydrogen (secondary N) is 1. The van der Waals surface area contributed by atoms with Crippen LogP contribution in [0.4, 0.5) is 5.69 Å². The van der Waals surface area contributed by atoms with Crippen LogP contribution in [0.5, 0.6) is 0 Å². The highest BCUT2D eigenvalue weighted by Gasteiger charge is 2.23. The third kappa shape index (κ3) is 2.86. The van der Waals surface area contributed by atoms with Gasteiger partial charge < -0.3 is 10.2 Å². The van der Waals surface area contributed by atoms with Crippen molar-refractivity contribution in [3.8, 4) is 0 Å². The SMILES string of the molecule is CCN(C(=O)CC1CNC1)c1cccc(C)c1. The molecule has 92 valence electrons. The zero-order valence-corrected chi connectivity index (χ0v) is 10.6. The molecule has 1 aliphatic heterocycles. The van der Waals surface area contributed by atoms with Gasteiger partial charge in [-0.25, -0.2) is 0 Å². The van der Waals surface area contributed by atoms with E-state index < -0.39 is 0 Å². The van der Waals surface area contributed by atoms with Gasteiger partial charge in [-0.2, -0.15) is 0 Å². The van der Waals surface area contributed by atoms with Gasteiger partial charge in [-0.15, -0.1) is 0 Å². The summed E-state index contributed by atoms with van der Waals surface area (Å²) < 4.78 is 0. The van der Waals surface area contributed by atoms with Gasteiger partial charge >= 0.3 is 0 Å². The second kappa shape index (κ2) is 5.32. The highest BCUT2D eigenvalue weighted by atomic mass is 16.2. The Morgan fingerprint density at radius 1 is 1.47 bits per heavy atom. The van der Waals surface area contributed by atoms with Crippen molar-refractivity contribution >= 4 is 11.6 Å². The summed E-state index contributed by atoms with van der Waals surface area (Å²) in [4.78, 5) is 14.1. The number of aryl methyl sites for hydroxylation is 1. The molecule has 1 saturated heterocycles. The Kier molecular flexibility index (Phi) is 3.79. The van der Waals surface area contributed by atoms with Crippen molar-refractivity contribution in [2.75, 3.05) is 24.5 Å². The first-order valence-corrected chi connectivity index (χ1v) is 6.28. The molecule has 0 unspecified atom stereocenters. The number of carbonyl (C=O) groups is 1. The second-order valence-corrected chi connectivity index (χ2v) is 4.71. The molecular formula is C14H20N2O. The molecule has 0 radical (unpaired) electrons. The fourth-order valence-electron chi connectivity index (χ4n) is 2.15. The molecule has 1 aliphatic rings. The molecule has 2 rings (SSSR count). The molecule has 0 bridgehead atoms. The van der Waals surface area contributed by atoms with Gasteiger partial charge in [-0.05, 0) is 50.6 Å². The third-order valence-electron chi connectivity index (χ3n) is 3.26. The van der Waals surface area contributed by atoms with Crippen LogP contribution in [0, 0.1) is 12.8 Å². The molecule has 3 nitrogen and oxygen atoms in total. The zero-order chi connectivity index (χ0) is 12.3. The number of rotatable bonds is 4. The van der Waals surface area contributed by atoms with E-state index in [2.05, 4.69) is 24.4 Å². The van der Waals surface area contributed by atoms with Crippen LogP contribution < -0.4 is 10.2 Å². The lowest BCUT2D eigenvalue weighted by atomic mass is 9.98. The normalized spacial score (nSPS) is 15.4. The van der Waals surface area contributed by atoms with E-state index in [-0.39, 0.29) is 5.91 Å². The summed E-state index contributed by atoms with van der Waals surface area (Å²) in [5.41, 5.74) is 2.21. The molecule has 1 amide bonds. The first-order chi connectivity index (χ1) is 8.20. The number of hydrogen-bond donors (Lipinski definition) is 1. The zero-order valence-electron chi connectivity index (χ0n) is 10.6. The average Bonchev–Trinajstić information content (AvgIpc) is 2.25. The molecule has 0 saturated carbocycles. The molecule has 1 heterocycles. The van der Waals surface area contributed by atoms with Crippen LogP contribution in [-0.4, -0.2) is 25.5 Å². The van der Waals surface area contributed by atoms with Gasteiger partial charge in [0.2, 0.25) is 5.91 Å². The average molecular weight is 232 g/mol. The van der Waals surface area contributed by atoms with Crippen molar-refractivity contribution < 1.29 is 4.79 Å². The van der Waals surface area contributed by atoms with Gasteiger partial charge in [-0.3, -0.25) is 4.79 Å². The Bertz CT molecular complexity index is 399. The summed E-state index contributed by atoms with van der Waals surface area (Å²) in [6, 6.07) is 8.14. The minimum Gasteiger partial charge on any atom is -0.316 e. The summed E-state index contributed by atoms with van der Waals surface area (Å²) in [6.07, 6.45) is 0.661. The first-order valence-electron chi connectivity index (χ1n) is 6.28. The minimum atomic E-state index is 0.240. The molecule has 1 aromatic carbocycles. The summed E-state index contributed by atoms with van der Waals surface area (Å²) in [6.45, 7) is 6.79. The van der Waals surface area contributed by atoms with Crippen LogP contribution in [0.25, 0.3) is 0 Å². The van der Waals surface area contributed by atoms with Crippen LogP contribution in [0.1, 0.15) is 18.9 Å². The molecule has 3 heteroatoms. The molecule has 0 atom stereocenters. The fraction of sp³-hybridized carbons (Fsp3) is 0.500. The summed E-state index contributed by atoms with van der Waals surface area (Å²) in [5, 5.41) is 3.20. The summed E-state index contributed by atoms with van der Waals surface area (Å²) >= 11 is 0. The number of nitrogens with zero attached hydrogens (tertiary/aromatic N) is 1. The predicted octanol–water partition coefficient (Wildman–Crippen LogP) is 1.96. The summed E-state index contributed by atoms with van der Waals surface area (Å²) in [7, 11) is 0. The number of benzene rings is 1. The molecule has 17 heavy (non-hydrogen) atoms. The molecule has 1 fully saturated rings. The maximum atomic E-state index is 12.2. The molecule has 0 spiro atoms. The van der Waals surface area contributed by atoms with E-state index in [0.29, 0.717) is 12.3 Å². The van der Waals surface area contributed by atoms with Crippen molar-refractivity contribution in [2.24, 2.45) is 5.92 Å². The van der Waals surface area contributed by atoms with Crippen LogP contribution in [-0.2, 0) is 4.79 Å². The summed E-state index contributed by atoms with van der Waals surface area (Å²) in [5.74, 6) is 0.769. The number of hydrogen-bond acceptors (Lipinski definition) is 2. The topological polar surface area (TPSA) is 32.3 Å². The monoisotopic (exact) mass is 232 g/mol. The lowest BCUT2D eigenvalue weighted by Crippen LogP contribution is -2.45. The van der Waals surface area contributed by atoms with E-state index >= 15 is 0 Å². The van der Waals surface area contributed by atoms with Crippen molar-refractivity contribution in [3.63, 3.8) is 0 Å². The van der Waals surface area contributed by atoms with Crippen LogP contribution in [0.2, 0.25) is 0 Å². The quantitative estimate of drug-likeness (QED) is 0.860. The maximum absolute atomic E-state index is 12.2. The van der Waals surface area contributed by atoms with Gasteiger partial charge in [0, 0.05) is 18.7 Å². The van der Waals surface area contributed by atoms with Crippen molar-refractivity contribution in [1.29, 1.82) is 0 Å². The van der Waals surface area contributed by atoms with Crippen LogP contribution in [0.15, 0.2) is 24.3 Å². The van der Waals surface area contributed by atoms with E-state index in [1.165, 1.54) is 5.56 Å². The van der Waals surface area contributed by atoms with Crippen molar-refractivity contribution in [1.82, 2.24) is 5.32 Å².